The molecule has 18 heavy (non-hydrogen) atoms. The van der Waals surface area contributed by atoms with E-state index in [1.807, 2.05) is 6.92 Å². The maximum atomic E-state index is 13.1. The molecule has 0 N–H and O–H groups in total. The standard InChI is InChI=1S/C14H15FO3/c1-3-11(14(16)17-4-2)13-8-9-7-10(15)5-6-12(9)18-13/h5-8,11H,3-4H2,1-2H3. The van der Waals surface area contributed by atoms with Crippen LogP contribution in [-0.4, -0.2) is 12.6 Å². The van der Waals surface area contributed by atoms with Gasteiger partial charge in [0.05, 0.1) is 6.61 Å². The first kappa shape index (κ1) is 12.6. The molecule has 1 unspecified atom stereocenters. The molecule has 0 aliphatic heterocycles. The minimum Gasteiger partial charge on any atom is -0.465 e. The summed E-state index contributed by atoms with van der Waals surface area (Å²) in [6.07, 6.45) is 0.584. The molecule has 1 aromatic heterocycles. The molecule has 0 spiro atoms. The van der Waals surface area contributed by atoms with Gasteiger partial charge in [-0.25, -0.2) is 4.39 Å². The second-order valence-electron chi connectivity index (χ2n) is 4.04. The van der Waals surface area contributed by atoms with Gasteiger partial charge >= 0.3 is 5.97 Å². The highest BCUT2D eigenvalue weighted by atomic mass is 19.1. The monoisotopic (exact) mass is 250 g/mol. The van der Waals surface area contributed by atoms with E-state index in [4.69, 9.17) is 9.15 Å². The van der Waals surface area contributed by atoms with Crippen LogP contribution in [0.25, 0.3) is 11.0 Å². The Morgan fingerprint density at radius 3 is 2.83 bits per heavy atom. The molecule has 1 aromatic carbocycles. The van der Waals surface area contributed by atoms with Gasteiger partial charge in [0.25, 0.3) is 0 Å². The zero-order valence-corrected chi connectivity index (χ0v) is 10.4. The van der Waals surface area contributed by atoms with Crippen LogP contribution in [0, 0.1) is 5.82 Å². The number of carbonyl (C=O) groups excluding carboxylic acids is 1. The molecule has 1 heterocycles. The van der Waals surface area contributed by atoms with Gasteiger partial charge < -0.3 is 9.15 Å². The fraction of sp³-hybridized carbons (Fsp3) is 0.357. The smallest absolute Gasteiger partial charge is 0.316 e. The van der Waals surface area contributed by atoms with Crippen LogP contribution in [-0.2, 0) is 9.53 Å². The van der Waals surface area contributed by atoms with E-state index in [0.717, 1.165) is 0 Å². The lowest BCUT2D eigenvalue weighted by Gasteiger charge is -2.10. The van der Waals surface area contributed by atoms with Crippen LogP contribution in [0.2, 0.25) is 0 Å². The van der Waals surface area contributed by atoms with E-state index < -0.39 is 5.92 Å². The van der Waals surface area contributed by atoms with Crippen molar-refractivity contribution < 1.29 is 18.3 Å². The van der Waals surface area contributed by atoms with E-state index in [9.17, 15) is 9.18 Å². The molecule has 3 nitrogen and oxygen atoms in total. The highest BCUT2D eigenvalue weighted by Gasteiger charge is 2.23. The average Bonchev–Trinajstić information content (AvgIpc) is 2.72. The fourth-order valence-electron chi connectivity index (χ4n) is 1.93. The summed E-state index contributed by atoms with van der Waals surface area (Å²) in [6, 6.07) is 5.98. The molecular weight excluding hydrogens is 235 g/mol. The lowest BCUT2D eigenvalue weighted by atomic mass is 10.0. The van der Waals surface area contributed by atoms with Gasteiger partial charge in [0.2, 0.25) is 0 Å². The van der Waals surface area contributed by atoms with Gasteiger partial charge in [-0.1, -0.05) is 6.92 Å². The lowest BCUT2D eigenvalue weighted by molar-refractivity contribution is -0.145. The number of fused-ring (bicyclic) bond motifs is 1. The maximum absolute atomic E-state index is 13.1. The first-order valence-corrected chi connectivity index (χ1v) is 6.01. The number of rotatable bonds is 4. The van der Waals surface area contributed by atoms with Crippen LogP contribution in [0.15, 0.2) is 28.7 Å². The second kappa shape index (κ2) is 5.21. The summed E-state index contributed by atoms with van der Waals surface area (Å²) in [5.74, 6) is -0.532. The number of hydrogen-bond donors (Lipinski definition) is 0. The summed E-state index contributed by atoms with van der Waals surface area (Å²) in [6.45, 7) is 3.98. The number of esters is 1. The molecule has 0 bridgehead atoms. The summed E-state index contributed by atoms with van der Waals surface area (Å²) in [7, 11) is 0. The molecule has 0 saturated heterocycles. The van der Waals surface area contributed by atoms with Gasteiger partial charge in [0, 0.05) is 5.39 Å². The van der Waals surface area contributed by atoms with Gasteiger partial charge in [-0.2, -0.15) is 0 Å². The van der Waals surface area contributed by atoms with E-state index in [1.54, 1.807) is 19.1 Å². The maximum Gasteiger partial charge on any atom is 0.316 e. The summed E-state index contributed by atoms with van der Waals surface area (Å²) in [5, 5.41) is 0.660. The first-order valence-electron chi connectivity index (χ1n) is 6.01. The lowest BCUT2D eigenvalue weighted by Crippen LogP contribution is -2.14. The molecule has 2 aromatic rings. The van der Waals surface area contributed by atoms with Gasteiger partial charge in [-0.05, 0) is 37.6 Å². The second-order valence-corrected chi connectivity index (χ2v) is 4.04. The highest BCUT2D eigenvalue weighted by molar-refractivity contribution is 5.82. The molecule has 96 valence electrons. The Hall–Kier alpha value is -1.84. The van der Waals surface area contributed by atoms with Crippen molar-refractivity contribution >= 4 is 16.9 Å². The Bertz CT molecular complexity index is 559. The van der Waals surface area contributed by atoms with Crippen LogP contribution in [0.3, 0.4) is 0 Å². The molecule has 0 saturated carbocycles. The predicted molar refractivity (Wildman–Crippen MR) is 65.8 cm³/mol. The van der Waals surface area contributed by atoms with Gasteiger partial charge in [0.1, 0.15) is 23.1 Å². The van der Waals surface area contributed by atoms with Crippen molar-refractivity contribution in [3.63, 3.8) is 0 Å². The molecule has 0 fully saturated rings. The number of hydrogen-bond acceptors (Lipinski definition) is 3. The molecule has 1 atom stereocenters. The van der Waals surface area contributed by atoms with E-state index >= 15 is 0 Å². The fourth-order valence-corrected chi connectivity index (χ4v) is 1.93. The number of benzene rings is 1. The van der Waals surface area contributed by atoms with E-state index in [2.05, 4.69) is 0 Å². The Kier molecular flexibility index (Phi) is 3.65. The normalized spacial score (nSPS) is 12.6. The van der Waals surface area contributed by atoms with Crippen LogP contribution < -0.4 is 0 Å². The SMILES string of the molecule is CCOC(=O)C(CC)c1cc2cc(F)ccc2o1. The van der Waals surface area contributed by atoms with Gasteiger partial charge in [-0.15, -0.1) is 0 Å². The Morgan fingerprint density at radius 2 is 2.17 bits per heavy atom. The van der Waals surface area contributed by atoms with Gasteiger partial charge in [0.15, 0.2) is 0 Å². The van der Waals surface area contributed by atoms with Crippen molar-refractivity contribution in [2.45, 2.75) is 26.2 Å². The van der Waals surface area contributed by atoms with Crippen LogP contribution >= 0.6 is 0 Å². The van der Waals surface area contributed by atoms with Crippen LogP contribution in [0.5, 0.6) is 0 Å². The summed E-state index contributed by atoms with van der Waals surface area (Å²) in [5.41, 5.74) is 0.578. The molecule has 0 aliphatic carbocycles. The van der Waals surface area contributed by atoms with Crippen molar-refractivity contribution in [3.05, 3.63) is 35.8 Å². The number of halogens is 1. The van der Waals surface area contributed by atoms with Crippen LogP contribution in [0.1, 0.15) is 31.9 Å². The Morgan fingerprint density at radius 1 is 1.39 bits per heavy atom. The average molecular weight is 250 g/mol. The van der Waals surface area contributed by atoms with Crippen molar-refractivity contribution in [2.75, 3.05) is 6.61 Å². The van der Waals surface area contributed by atoms with Crippen molar-refractivity contribution in [2.24, 2.45) is 0 Å². The molecule has 4 heteroatoms. The first-order chi connectivity index (χ1) is 8.65. The minimum atomic E-state index is -0.430. The van der Waals surface area contributed by atoms with Crippen molar-refractivity contribution in [1.82, 2.24) is 0 Å². The highest BCUT2D eigenvalue weighted by Crippen LogP contribution is 2.28. The molecule has 0 radical (unpaired) electrons. The Balaban J connectivity index is 2.36. The third kappa shape index (κ3) is 2.37. The third-order valence-corrected chi connectivity index (χ3v) is 2.82. The summed E-state index contributed by atoms with van der Waals surface area (Å²) >= 11 is 0. The predicted octanol–water partition coefficient (Wildman–Crippen LogP) is 3.63. The Labute approximate surface area is 105 Å². The van der Waals surface area contributed by atoms with E-state index in [-0.39, 0.29) is 11.8 Å². The van der Waals surface area contributed by atoms with E-state index in [1.165, 1.54) is 12.1 Å². The topological polar surface area (TPSA) is 39.4 Å². The third-order valence-electron chi connectivity index (χ3n) is 2.82. The summed E-state index contributed by atoms with van der Waals surface area (Å²) < 4.78 is 23.6. The summed E-state index contributed by atoms with van der Waals surface area (Å²) in [4.78, 5) is 11.8. The zero-order chi connectivity index (χ0) is 13.1. The van der Waals surface area contributed by atoms with E-state index in [0.29, 0.717) is 29.8 Å². The largest absolute Gasteiger partial charge is 0.465 e. The van der Waals surface area contributed by atoms with Crippen molar-refractivity contribution in [3.8, 4) is 0 Å². The molecule has 0 amide bonds. The van der Waals surface area contributed by atoms with Crippen LogP contribution in [0.4, 0.5) is 4.39 Å². The number of ether oxygens (including phenoxy) is 1. The quantitative estimate of drug-likeness (QED) is 0.778. The zero-order valence-electron chi connectivity index (χ0n) is 10.4. The minimum absolute atomic E-state index is 0.306. The molecule has 2 rings (SSSR count). The molecular formula is C14H15FO3. The van der Waals surface area contributed by atoms with Gasteiger partial charge in [-0.3, -0.25) is 4.79 Å². The molecule has 0 aliphatic rings. The number of furan rings is 1. The number of carbonyl (C=O) groups is 1. The van der Waals surface area contributed by atoms with Crippen molar-refractivity contribution in [1.29, 1.82) is 0 Å².